The van der Waals surface area contributed by atoms with E-state index in [1.54, 1.807) is 0 Å². The first-order valence-electron chi connectivity index (χ1n) is 6.62. The molecule has 0 bridgehead atoms. The number of rotatable bonds is 3. The molecule has 1 atom stereocenters. The molecule has 1 N–H and O–H groups in total. The number of benzene rings is 1. The van der Waals surface area contributed by atoms with Gasteiger partial charge in [-0.3, -0.25) is 4.79 Å². The van der Waals surface area contributed by atoms with Crippen molar-refractivity contribution < 1.29 is 9.90 Å². The second-order valence-electron chi connectivity index (χ2n) is 5.74. The Bertz CT molecular complexity index is 536. The average molecular weight is 256 g/mol. The summed E-state index contributed by atoms with van der Waals surface area (Å²) < 4.78 is 0. The highest BCUT2D eigenvalue weighted by Gasteiger charge is 2.32. The van der Waals surface area contributed by atoms with Gasteiger partial charge in [-0.05, 0) is 23.5 Å². The van der Waals surface area contributed by atoms with Gasteiger partial charge in [0.05, 0.1) is 5.57 Å². The average Bonchev–Trinajstić information content (AvgIpc) is 2.41. The molecule has 1 aliphatic rings. The summed E-state index contributed by atoms with van der Waals surface area (Å²) in [6, 6.07) is 10.1. The molecule has 0 radical (unpaired) electrons. The minimum atomic E-state index is -0.276. The fourth-order valence-electron chi connectivity index (χ4n) is 2.71. The van der Waals surface area contributed by atoms with Crippen LogP contribution in [0.5, 0.6) is 0 Å². The van der Waals surface area contributed by atoms with Crippen molar-refractivity contribution in [2.75, 3.05) is 0 Å². The predicted octanol–water partition coefficient (Wildman–Crippen LogP) is 3.94. The van der Waals surface area contributed by atoms with E-state index < -0.39 is 0 Å². The lowest BCUT2D eigenvalue weighted by Gasteiger charge is -2.33. The van der Waals surface area contributed by atoms with Gasteiger partial charge >= 0.3 is 0 Å². The molecule has 2 rings (SSSR count). The molecule has 1 aromatic carbocycles. The van der Waals surface area contributed by atoms with Crippen LogP contribution in [0.4, 0.5) is 0 Å². The van der Waals surface area contributed by atoms with Crippen LogP contribution in [-0.4, -0.2) is 11.4 Å². The summed E-state index contributed by atoms with van der Waals surface area (Å²) in [6.45, 7) is 6.25. The molecule has 0 spiro atoms. The lowest BCUT2D eigenvalue weighted by atomic mass is 9.71. The quantitative estimate of drug-likeness (QED) is 0.832. The zero-order chi connectivity index (χ0) is 14.0. The van der Waals surface area contributed by atoms with E-state index in [2.05, 4.69) is 32.9 Å². The Morgan fingerprint density at radius 2 is 1.89 bits per heavy atom. The molecule has 2 heteroatoms. The molecule has 0 heterocycles. The van der Waals surface area contributed by atoms with Crippen molar-refractivity contribution in [3.63, 3.8) is 0 Å². The summed E-state index contributed by atoms with van der Waals surface area (Å²) in [5.41, 5.74) is 2.23. The predicted molar refractivity (Wildman–Crippen MR) is 77.1 cm³/mol. The smallest absolute Gasteiger partial charge is 0.153 e. The van der Waals surface area contributed by atoms with E-state index >= 15 is 0 Å². The molecular formula is C17H20O2. The van der Waals surface area contributed by atoms with Gasteiger partial charge in [0.2, 0.25) is 0 Å². The standard InChI is InChI=1S/C17H20O2/c1-12-9-13(11-18)16(19)15(10-12)17(2,3)14-7-5-4-6-8-14/h4-9,11-12,19H,10H2,1-3H3. The van der Waals surface area contributed by atoms with Gasteiger partial charge in [-0.2, -0.15) is 0 Å². The summed E-state index contributed by atoms with van der Waals surface area (Å²) in [6.07, 6.45) is 3.37. The molecule has 0 fully saturated rings. The highest BCUT2D eigenvalue weighted by molar-refractivity contribution is 5.80. The van der Waals surface area contributed by atoms with Crippen LogP contribution in [0.15, 0.2) is 53.3 Å². The number of carbonyl (C=O) groups excluding carboxylic acids is 1. The van der Waals surface area contributed by atoms with E-state index in [-0.39, 0.29) is 17.1 Å². The summed E-state index contributed by atoms with van der Waals surface area (Å²) in [4.78, 5) is 11.1. The minimum absolute atomic E-state index is 0.155. The first-order chi connectivity index (χ1) is 8.96. The second-order valence-corrected chi connectivity index (χ2v) is 5.74. The molecule has 19 heavy (non-hydrogen) atoms. The molecule has 1 unspecified atom stereocenters. The molecule has 0 saturated heterocycles. The topological polar surface area (TPSA) is 37.3 Å². The summed E-state index contributed by atoms with van der Waals surface area (Å²) >= 11 is 0. The Kier molecular flexibility index (Phi) is 3.61. The van der Waals surface area contributed by atoms with Crippen LogP contribution in [0, 0.1) is 5.92 Å². The van der Waals surface area contributed by atoms with Crippen molar-refractivity contribution in [1.29, 1.82) is 0 Å². The van der Waals surface area contributed by atoms with Crippen LogP contribution in [0.3, 0.4) is 0 Å². The van der Waals surface area contributed by atoms with Gasteiger partial charge in [-0.1, -0.05) is 57.2 Å². The Morgan fingerprint density at radius 3 is 2.47 bits per heavy atom. The summed E-state index contributed by atoms with van der Waals surface area (Å²) in [5, 5.41) is 10.3. The van der Waals surface area contributed by atoms with Crippen molar-refractivity contribution in [3.05, 3.63) is 58.9 Å². The van der Waals surface area contributed by atoms with E-state index in [1.165, 1.54) is 0 Å². The van der Waals surface area contributed by atoms with Crippen LogP contribution in [0.2, 0.25) is 0 Å². The van der Waals surface area contributed by atoms with E-state index in [9.17, 15) is 9.90 Å². The number of aliphatic hydroxyl groups excluding tert-OH is 1. The van der Waals surface area contributed by atoms with Gasteiger partial charge < -0.3 is 5.11 Å². The number of allylic oxidation sites excluding steroid dienone is 3. The first kappa shape index (κ1) is 13.6. The highest BCUT2D eigenvalue weighted by atomic mass is 16.3. The van der Waals surface area contributed by atoms with E-state index in [0.29, 0.717) is 5.57 Å². The second kappa shape index (κ2) is 5.04. The fraction of sp³-hybridized carbons (Fsp3) is 0.353. The van der Waals surface area contributed by atoms with Crippen LogP contribution < -0.4 is 0 Å². The third-order valence-corrected chi connectivity index (χ3v) is 3.93. The van der Waals surface area contributed by atoms with Gasteiger partial charge in [0.15, 0.2) is 6.29 Å². The fourth-order valence-corrected chi connectivity index (χ4v) is 2.71. The Morgan fingerprint density at radius 1 is 1.26 bits per heavy atom. The van der Waals surface area contributed by atoms with Crippen molar-refractivity contribution in [1.82, 2.24) is 0 Å². The van der Waals surface area contributed by atoms with Crippen molar-refractivity contribution >= 4 is 6.29 Å². The first-order valence-corrected chi connectivity index (χ1v) is 6.62. The Balaban J connectivity index is 2.51. The van der Waals surface area contributed by atoms with Crippen molar-refractivity contribution in [3.8, 4) is 0 Å². The van der Waals surface area contributed by atoms with E-state index in [0.717, 1.165) is 23.8 Å². The van der Waals surface area contributed by atoms with Crippen LogP contribution in [-0.2, 0) is 10.2 Å². The number of aliphatic hydroxyl groups is 1. The normalized spacial score (nSPS) is 20.2. The molecule has 0 amide bonds. The third-order valence-electron chi connectivity index (χ3n) is 3.93. The maximum atomic E-state index is 11.1. The van der Waals surface area contributed by atoms with Crippen LogP contribution in [0.1, 0.15) is 32.8 Å². The molecule has 0 aromatic heterocycles. The maximum Gasteiger partial charge on any atom is 0.153 e. The SMILES string of the molecule is CC1C=C(C=O)C(O)=C(C(C)(C)c2ccccc2)C1. The van der Waals surface area contributed by atoms with Crippen LogP contribution in [0.25, 0.3) is 0 Å². The molecule has 1 aromatic rings. The number of carbonyl (C=O) groups is 1. The number of aldehydes is 1. The zero-order valence-electron chi connectivity index (χ0n) is 11.7. The van der Waals surface area contributed by atoms with Gasteiger partial charge in [0, 0.05) is 5.41 Å². The molecule has 0 saturated carbocycles. The Labute approximate surface area is 114 Å². The Hall–Kier alpha value is -1.83. The van der Waals surface area contributed by atoms with E-state index in [4.69, 9.17) is 0 Å². The van der Waals surface area contributed by atoms with Crippen molar-refractivity contribution in [2.24, 2.45) is 5.92 Å². The van der Waals surface area contributed by atoms with Gasteiger partial charge in [0.1, 0.15) is 5.76 Å². The molecule has 0 aliphatic heterocycles. The summed E-state index contributed by atoms with van der Waals surface area (Å²) in [7, 11) is 0. The third kappa shape index (κ3) is 2.48. The van der Waals surface area contributed by atoms with Gasteiger partial charge in [-0.25, -0.2) is 0 Å². The van der Waals surface area contributed by atoms with Gasteiger partial charge in [0.25, 0.3) is 0 Å². The maximum absolute atomic E-state index is 11.1. The number of hydrogen-bond acceptors (Lipinski definition) is 2. The monoisotopic (exact) mass is 256 g/mol. The van der Waals surface area contributed by atoms with Gasteiger partial charge in [-0.15, -0.1) is 0 Å². The minimum Gasteiger partial charge on any atom is -0.507 e. The molecule has 1 aliphatic carbocycles. The highest BCUT2D eigenvalue weighted by Crippen LogP contribution is 2.40. The zero-order valence-corrected chi connectivity index (χ0v) is 11.7. The lowest BCUT2D eigenvalue weighted by Crippen LogP contribution is -2.26. The molecular weight excluding hydrogens is 236 g/mol. The lowest BCUT2D eigenvalue weighted by molar-refractivity contribution is -0.105. The van der Waals surface area contributed by atoms with Crippen LogP contribution >= 0.6 is 0 Å². The van der Waals surface area contributed by atoms with E-state index in [1.807, 2.05) is 24.3 Å². The number of hydrogen-bond donors (Lipinski definition) is 1. The summed E-state index contributed by atoms with van der Waals surface area (Å²) in [5.74, 6) is 0.427. The molecule has 100 valence electrons. The van der Waals surface area contributed by atoms with Crippen molar-refractivity contribution in [2.45, 2.75) is 32.6 Å². The largest absolute Gasteiger partial charge is 0.507 e. The molecule has 2 nitrogen and oxygen atoms in total.